The summed E-state index contributed by atoms with van der Waals surface area (Å²) in [5, 5.41) is 9.85. The minimum atomic E-state index is -3.42. The second-order valence-corrected chi connectivity index (χ2v) is 4.50. The molecule has 0 aliphatic carbocycles. The first-order valence-electron chi connectivity index (χ1n) is 4.82. The van der Waals surface area contributed by atoms with Gasteiger partial charge in [0.2, 0.25) is 0 Å². The summed E-state index contributed by atoms with van der Waals surface area (Å²) in [5.74, 6) is 0.258. The molecule has 0 bridgehead atoms. The lowest BCUT2D eigenvalue weighted by Crippen LogP contribution is -2.38. The molecule has 0 saturated carbocycles. The zero-order valence-corrected chi connectivity index (χ0v) is 10.6. The number of ether oxygens (including phenoxy) is 1. The summed E-state index contributed by atoms with van der Waals surface area (Å²) < 4.78 is 31.6. The maximum Gasteiger partial charge on any atom is 0.333 e. The van der Waals surface area contributed by atoms with Gasteiger partial charge in [-0.3, -0.25) is 0 Å². The number of alkyl halides is 3. The molecule has 2 nitrogen and oxygen atoms in total. The molecule has 1 N–H and O–H groups in total. The van der Waals surface area contributed by atoms with E-state index in [9.17, 15) is 13.9 Å². The van der Waals surface area contributed by atoms with E-state index in [4.69, 9.17) is 4.74 Å². The first kappa shape index (κ1) is 13.4. The lowest BCUT2D eigenvalue weighted by molar-refractivity contribution is -0.110. The van der Waals surface area contributed by atoms with Gasteiger partial charge in [-0.05, 0) is 35.8 Å². The van der Waals surface area contributed by atoms with E-state index in [0.29, 0.717) is 6.61 Å². The first-order valence-corrected chi connectivity index (χ1v) is 5.61. The standard InChI is InChI=1S/C11H13BrF2O2/c1-3-16-9-7-5-4-6-8(9)10(2,15)11(12,13)14/h4-7,15H,3H2,1-2H3. The van der Waals surface area contributed by atoms with Crippen LogP contribution in [0.1, 0.15) is 19.4 Å². The Kier molecular flexibility index (Phi) is 3.91. The number of hydrogen-bond donors (Lipinski definition) is 1. The van der Waals surface area contributed by atoms with Crippen molar-refractivity contribution in [2.45, 2.75) is 24.3 Å². The van der Waals surface area contributed by atoms with Crippen LogP contribution in [0, 0.1) is 0 Å². The fourth-order valence-electron chi connectivity index (χ4n) is 1.30. The second-order valence-electron chi connectivity index (χ2n) is 3.50. The molecule has 1 aromatic rings. The number of rotatable bonds is 4. The molecule has 1 rings (SSSR count). The van der Waals surface area contributed by atoms with Gasteiger partial charge in [0.15, 0.2) is 5.60 Å². The molecule has 0 saturated heterocycles. The van der Waals surface area contributed by atoms with Crippen molar-refractivity contribution in [3.05, 3.63) is 29.8 Å². The summed E-state index contributed by atoms with van der Waals surface area (Å²) >= 11 is 2.18. The third-order valence-corrected chi connectivity index (χ3v) is 3.04. The summed E-state index contributed by atoms with van der Waals surface area (Å²) in [4.78, 5) is -3.42. The molecule has 16 heavy (non-hydrogen) atoms. The SMILES string of the molecule is CCOc1ccccc1C(C)(O)C(F)(F)Br. The van der Waals surface area contributed by atoms with Crippen molar-refractivity contribution in [2.24, 2.45) is 0 Å². The zero-order chi connectivity index (χ0) is 12.4. The molecule has 0 aliphatic heterocycles. The molecule has 1 aromatic carbocycles. The highest BCUT2D eigenvalue weighted by atomic mass is 79.9. The molecule has 0 radical (unpaired) electrons. The van der Waals surface area contributed by atoms with Crippen molar-refractivity contribution in [1.82, 2.24) is 0 Å². The van der Waals surface area contributed by atoms with Gasteiger partial charge in [-0.25, -0.2) is 0 Å². The van der Waals surface area contributed by atoms with Crippen LogP contribution in [-0.2, 0) is 5.60 Å². The highest BCUT2D eigenvalue weighted by Gasteiger charge is 2.49. The van der Waals surface area contributed by atoms with Crippen LogP contribution in [0.2, 0.25) is 0 Å². The molecule has 0 amide bonds. The molecule has 90 valence electrons. The normalized spacial score (nSPS) is 15.6. The Balaban J connectivity index is 3.21. The first-order chi connectivity index (χ1) is 7.30. The van der Waals surface area contributed by atoms with E-state index < -0.39 is 10.4 Å². The third kappa shape index (κ3) is 2.52. The van der Waals surface area contributed by atoms with Crippen molar-refractivity contribution in [3.8, 4) is 5.75 Å². The molecular weight excluding hydrogens is 282 g/mol. The van der Waals surface area contributed by atoms with Gasteiger partial charge >= 0.3 is 4.83 Å². The summed E-state index contributed by atoms with van der Waals surface area (Å²) in [7, 11) is 0. The topological polar surface area (TPSA) is 29.5 Å². The van der Waals surface area contributed by atoms with Crippen LogP contribution in [0.3, 0.4) is 0 Å². The van der Waals surface area contributed by atoms with Crippen LogP contribution in [0.5, 0.6) is 5.75 Å². The van der Waals surface area contributed by atoms with E-state index in [2.05, 4.69) is 15.9 Å². The lowest BCUT2D eigenvalue weighted by atomic mass is 9.95. The van der Waals surface area contributed by atoms with Crippen LogP contribution in [-0.4, -0.2) is 16.5 Å². The molecule has 0 spiro atoms. The molecule has 0 aliphatic rings. The highest BCUT2D eigenvalue weighted by molar-refractivity contribution is 9.10. The van der Waals surface area contributed by atoms with Crippen molar-refractivity contribution in [2.75, 3.05) is 6.61 Å². The smallest absolute Gasteiger partial charge is 0.333 e. The third-order valence-electron chi connectivity index (χ3n) is 2.26. The largest absolute Gasteiger partial charge is 0.493 e. The minimum absolute atomic E-state index is 0.0544. The van der Waals surface area contributed by atoms with Crippen LogP contribution in [0.15, 0.2) is 24.3 Å². The predicted molar refractivity (Wildman–Crippen MR) is 61.1 cm³/mol. The average Bonchev–Trinajstić information content (AvgIpc) is 2.17. The van der Waals surface area contributed by atoms with Crippen LogP contribution < -0.4 is 4.74 Å². The van der Waals surface area contributed by atoms with E-state index >= 15 is 0 Å². The summed E-state index contributed by atoms with van der Waals surface area (Å²) in [6.45, 7) is 3.14. The number of hydrogen-bond acceptors (Lipinski definition) is 2. The Morgan fingerprint density at radius 2 is 1.94 bits per heavy atom. The second kappa shape index (κ2) is 4.67. The van der Waals surface area contributed by atoms with Crippen LogP contribution >= 0.6 is 15.9 Å². The Labute approximate surface area is 101 Å². The van der Waals surface area contributed by atoms with Gasteiger partial charge in [0.25, 0.3) is 0 Å². The maximum atomic E-state index is 13.2. The number of benzene rings is 1. The van der Waals surface area contributed by atoms with E-state index in [-0.39, 0.29) is 11.3 Å². The molecule has 0 aromatic heterocycles. The van der Waals surface area contributed by atoms with E-state index in [1.165, 1.54) is 6.07 Å². The number of halogens is 3. The van der Waals surface area contributed by atoms with Gasteiger partial charge < -0.3 is 9.84 Å². The summed E-state index contributed by atoms with van der Waals surface area (Å²) in [6.07, 6.45) is 0. The minimum Gasteiger partial charge on any atom is -0.493 e. The summed E-state index contributed by atoms with van der Waals surface area (Å²) in [5.41, 5.74) is -2.27. The molecule has 1 atom stereocenters. The van der Waals surface area contributed by atoms with Crippen LogP contribution in [0.25, 0.3) is 0 Å². The monoisotopic (exact) mass is 294 g/mol. The van der Waals surface area contributed by atoms with Gasteiger partial charge in [-0.1, -0.05) is 18.2 Å². The Morgan fingerprint density at radius 3 is 2.44 bits per heavy atom. The Morgan fingerprint density at radius 1 is 1.38 bits per heavy atom. The van der Waals surface area contributed by atoms with Gasteiger partial charge in [0.05, 0.1) is 6.61 Å². The fraction of sp³-hybridized carbons (Fsp3) is 0.455. The van der Waals surface area contributed by atoms with Gasteiger partial charge in [-0.15, -0.1) is 0 Å². The quantitative estimate of drug-likeness (QED) is 0.864. The van der Waals surface area contributed by atoms with Gasteiger partial charge in [-0.2, -0.15) is 8.78 Å². The van der Waals surface area contributed by atoms with Crippen molar-refractivity contribution < 1.29 is 18.6 Å². The number of para-hydroxylation sites is 1. The Hall–Kier alpha value is -0.680. The van der Waals surface area contributed by atoms with Gasteiger partial charge in [0, 0.05) is 5.56 Å². The molecule has 1 unspecified atom stereocenters. The van der Waals surface area contributed by atoms with Crippen LogP contribution in [0.4, 0.5) is 8.78 Å². The fourth-order valence-corrected chi connectivity index (χ4v) is 1.52. The summed E-state index contributed by atoms with van der Waals surface area (Å²) in [6, 6.07) is 6.20. The molecular formula is C11H13BrF2O2. The predicted octanol–water partition coefficient (Wildman–Crippen LogP) is 3.28. The van der Waals surface area contributed by atoms with Crippen molar-refractivity contribution >= 4 is 15.9 Å². The molecule has 0 heterocycles. The molecule has 0 fully saturated rings. The average molecular weight is 295 g/mol. The highest BCUT2D eigenvalue weighted by Crippen LogP contribution is 2.44. The van der Waals surface area contributed by atoms with Crippen molar-refractivity contribution in [3.63, 3.8) is 0 Å². The van der Waals surface area contributed by atoms with E-state index in [0.717, 1.165) is 6.92 Å². The van der Waals surface area contributed by atoms with E-state index in [1.807, 2.05) is 0 Å². The molecule has 5 heteroatoms. The number of aliphatic hydroxyl groups is 1. The Bertz CT molecular complexity index is 361. The zero-order valence-electron chi connectivity index (χ0n) is 9.01. The lowest BCUT2D eigenvalue weighted by Gasteiger charge is -2.30. The maximum absolute atomic E-state index is 13.2. The van der Waals surface area contributed by atoms with Crippen molar-refractivity contribution in [1.29, 1.82) is 0 Å². The van der Waals surface area contributed by atoms with E-state index in [1.54, 1.807) is 25.1 Å². The van der Waals surface area contributed by atoms with Gasteiger partial charge in [0.1, 0.15) is 5.75 Å².